The summed E-state index contributed by atoms with van der Waals surface area (Å²) in [6.45, 7) is 0.628. The van der Waals surface area contributed by atoms with Crippen LogP contribution in [-0.4, -0.2) is 54.3 Å². The molecule has 1 saturated heterocycles. The number of nitrogens with zero attached hydrogens (tertiary/aromatic N) is 2. The zero-order valence-electron chi connectivity index (χ0n) is 16.7. The number of hydrogen-bond acceptors (Lipinski definition) is 5. The number of amides is 3. The molecule has 30 heavy (non-hydrogen) atoms. The van der Waals surface area contributed by atoms with Crippen molar-refractivity contribution in [3.05, 3.63) is 59.7 Å². The molecule has 0 spiro atoms. The quantitative estimate of drug-likeness (QED) is 0.718. The van der Waals surface area contributed by atoms with Gasteiger partial charge in [0, 0.05) is 24.3 Å². The maximum atomic E-state index is 12.7. The van der Waals surface area contributed by atoms with E-state index in [-0.39, 0.29) is 18.5 Å². The Balaban J connectivity index is 1.66. The molecule has 3 rings (SSSR count). The first-order chi connectivity index (χ1) is 14.5. The lowest BCUT2D eigenvalue weighted by Gasteiger charge is -2.27. The van der Waals surface area contributed by atoms with E-state index in [0.29, 0.717) is 42.0 Å². The predicted octanol–water partition coefficient (Wildman–Crippen LogP) is 2.35. The van der Waals surface area contributed by atoms with E-state index in [9.17, 15) is 14.7 Å². The van der Waals surface area contributed by atoms with Crippen LogP contribution in [0.1, 0.15) is 28.8 Å². The van der Waals surface area contributed by atoms with Crippen LogP contribution in [0.2, 0.25) is 0 Å². The summed E-state index contributed by atoms with van der Waals surface area (Å²) in [6, 6.07) is 14.4. The highest BCUT2D eigenvalue weighted by atomic mass is 16.5. The van der Waals surface area contributed by atoms with Gasteiger partial charge in [-0.3, -0.25) is 4.79 Å². The lowest BCUT2D eigenvalue weighted by Crippen LogP contribution is -2.50. The number of carbonyl (C=O) groups is 2. The second kappa shape index (κ2) is 9.76. The summed E-state index contributed by atoms with van der Waals surface area (Å²) in [5.74, 6) is 0.315. The van der Waals surface area contributed by atoms with Crippen LogP contribution in [-0.2, 0) is 0 Å². The van der Waals surface area contributed by atoms with Gasteiger partial charge in [-0.05, 0) is 55.3 Å². The molecule has 0 radical (unpaired) electrons. The molecule has 1 aliphatic heterocycles. The highest BCUT2D eigenvalue weighted by Gasteiger charge is 2.29. The predicted molar refractivity (Wildman–Crippen MR) is 111 cm³/mol. The summed E-state index contributed by atoms with van der Waals surface area (Å²) >= 11 is 0. The topological polar surface area (TPSA) is 115 Å². The molecule has 2 aromatic carbocycles. The van der Waals surface area contributed by atoms with E-state index in [0.717, 1.165) is 0 Å². The summed E-state index contributed by atoms with van der Waals surface area (Å²) in [7, 11) is 1.55. The Labute approximate surface area is 175 Å². The lowest BCUT2D eigenvalue weighted by molar-refractivity contribution is 0.0811. The molecule has 8 nitrogen and oxygen atoms in total. The third kappa shape index (κ3) is 5.27. The summed E-state index contributed by atoms with van der Waals surface area (Å²) in [6.07, 6.45) is 0.329. The molecule has 8 heteroatoms. The van der Waals surface area contributed by atoms with E-state index in [1.807, 2.05) is 6.07 Å². The van der Waals surface area contributed by atoms with Crippen LogP contribution < -0.4 is 15.4 Å². The molecule has 0 bridgehead atoms. The molecular formula is C22H24N4O4. The minimum atomic E-state index is -0.757. The van der Waals surface area contributed by atoms with Crippen molar-refractivity contribution < 1.29 is 19.4 Å². The molecule has 0 aliphatic carbocycles. The van der Waals surface area contributed by atoms with Gasteiger partial charge in [0.1, 0.15) is 5.75 Å². The number of carbonyl (C=O) groups excluding carboxylic acids is 2. The van der Waals surface area contributed by atoms with E-state index >= 15 is 0 Å². The van der Waals surface area contributed by atoms with Gasteiger partial charge in [-0.2, -0.15) is 5.26 Å². The molecule has 2 aromatic rings. The molecule has 156 valence electrons. The number of likely N-dealkylation sites (tertiary alicyclic amines) is 1. The minimum Gasteiger partial charge on any atom is -0.497 e. The van der Waals surface area contributed by atoms with Gasteiger partial charge in [-0.25, -0.2) is 4.79 Å². The van der Waals surface area contributed by atoms with Crippen molar-refractivity contribution in [2.75, 3.05) is 25.5 Å². The molecule has 1 fully saturated rings. The molecule has 3 N–H and O–H groups in total. The molecule has 1 aliphatic rings. The standard InChI is InChI=1S/C22H24N4O4/c1-30-18-9-7-16(8-10-18)21(28)25-19-14-26(11-3-6-20(19)27)22(29)24-17-5-2-4-15(12-17)13-23/h2,4-5,7-10,12,19-20,27H,3,6,11,14H2,1H3,(H,24,29)(H,25,28)/t19-,20-/m1/s1. The summed E-state index contributed by atoms with van der Waals surface area (Å²) in [5, 5.41) is 25.1. The summed E-state index contributed by atoms with van der Waals surface area (Å²) in [4.78, 5) is 26.9. The maximum Gasteiger partial charge on any atom is 0.321 e. The smallest absolute Gasteiger partial charge is 0.321 e. The molecule has 0 unspecified atom stereocenters. The number of nitriles is 1. The van der Waals surface area contributed by atoms with E-state index in [1.54, 1.807) is 60.5 Å². The first-order valence-electron chi connectivity index (χ1n) is 9.69. The first-order valence-corrected chi connectivity index (χ1v) is 9.69. The maximum absolute atomic E-state index is 12.7. The number of rotatable bonds is 4. The van der Waals surface area contributed by atoms with Crippen molar-refractivity contribution in [2.45, 2.75) is 25.0 Å². The Bertz CT molecular complexity index is 939. The Morgan fingerprint density at radius 3 is 2.70 bits per heavy atom. The van der Waals surface area contributed by atoms with Crippen molar-refractivity contribution >= 4 is 17.6 Å². The number of benzene rings is 2. The van der Waals surface area contributed by atoms with Gasteiger partial charge in [0.2, 0.25) is 0 Å². The molecule has 2 atom stereocenters. The Morgan fingerprint density at radius 1 is 1.23 bits per heavy atom. The number of nitrogens with one attached hydrogen (secondary N) is 2. The fourth-order valence-electron chi connectivity index (χ4n) is 3.33. The Hall–Kier alpha value is -3.57. The second-order valence-corrected chi connectivity index (χ2v) is 7.09. The van der Waals surface area contributed by atoms with Crippen molar-refractivity contribution in [3.8, 4) is 11.8 Å². The van der Waals surface area contributed by atoms with Crippen molar-refractivity contribution in [1.29, 1.82) is 5.26 Å². The normalized spacial score (nSPS) is 18.6. The number of urea groups is 1. The zero-order valence-corrected chi connectivity index (χ0v) is 16.7. The monoisotopic (exact) mass is 408 g/mol. The van der Waals surface area contributed by atoms with Gasteiger partial charge in [0.15, 0.2) is 0 Å². The third-order valence-electron chi connectivity index (χ3n) is 5.01. The van der Waals surface area contributed by atoms with Crippen molar-refractivity contribution in [1.82, 2.24) is 10.2 Å². The van der Waals surface area contributed by atoms with Gasteiger partial charge in [0.05, 0.1) is 30.9 Å². The summed E-state index contributed by atoms with van der Waals surface area (Å²) < 4.78 is 5.10. The van der Waals surface area contributed by atoms with E-state index in [4.69, 9.17) is 10.00 Å². The second-order valence-electron chi connectivity index (χ2n) is 7.09. The third-order valence-corrected chi connectivity index (χ3v) is 5.01. The number of aliphatic hydroxyl groups is 1. The minimum absolute atomic E-state index is 0.173. The van der Waals surface area contributed by atoms with E-state index in [2.05, 4.69) is 10.6 Å². The van der Waals surface area contributed by atoms with Gasteiger partial charge in [-0.1, -0.05) is 6.07 Å². The lowest BCUT2D eigenvalue weighted by atomic mass is 10.1. The number of hydrogen-bond donors (Lipinski definition) is 3. The van der Waals surface area contributed by atoms with Gasteiger partial charge < -0.3 is 25.4 Å². The fraction of sp³-hybridized carbons (Fsp3) is 0.318. The van der Waals surface area contributed by atoms with Crippen LogP contribution in [0.25, 0.3) is 0 Å². The van der Waals surface area contributed by atoms with Gasteiger partial charge in [0.25, 0.3) is 5.91 Å². The van der Waals surface area contributed by atoms with Gasteiger partial charge >= 0.3 is 6.03 Å². The number of ether oxygens (including phenoxy) is 1. The van der Waals surface area contributed by atoms with Crippen LogP contribution in [0.5, 0.6) is 5.75 Å². The van der Waals surface area contributed by atoms with Crippen LogP contribution in [0, 0.1) is 11.3 Å². The molecule has 1 heterocycles. The van der Waals surface area contributed by atoms with E-state index < -0.39 is 12.1 Å². The van der Waals surface area contributed by atoms with Crippen LogP contribution in [0.15, 0.2) is 48.5 Å². The van der Waals surface area contributed by atoms with Crippen molar-refractivity contribution in [2.24, 2.45) is 0 Å². The number of aliphatic hydroxyl groups excluding tert-OH is 1. The largest absolute Gasteiger partial charge is 0.497 e. The Kier molecular flexibility index (Phi) is 6.88. The number of methoxy groups -OCH3 is 1. The highest BCUT2D eigenvalue weighted by Crippen LogP contribution is 2.16. The number of anilines is 1. The average molecular weight is 408 g/mol. The highest BCUT2D eigenvalue weighted by molar-refractivity contribution is 5.94. The van der Waals surface area contributed by atoms with Crippen LogP contribution in [0.4, 0.5) is 10.5 Å². The molecule has 0 aromatic heterocycles. The molecular weight excluding hydrogens is 384 g/mol. The molecule has 0 saturated carbocycles. The summed E-state index contributed by atoms with van der Waals surface area (Å²) in [5.41, 5.74) is 1.41. The Morgan fingerprint density at radius 2 is 2.00 bits per heavy atom. The van der Waals surface area contributed by atoms with Crippen molar-refractivity contribution in [3.63, 3.8) is 0 Å². The zero-order chi connectivity index (χ0) is 21.5. The molecule has 3 amide bonds. The van der Waals surface area contributed by atoms with E-state index in [1.165, 1.54) is 0 Å². The average Bonchev–Trinajstić information content (AvgIpc) is 2.95. The fourth-order valence-corrected chi connectivity index (χ4v) is 3.33. The van der Waals surface area contributed by atoms with Gasteiger partial charge in [-0.15, -0.1) is 0 Å². The first kappa shape index (κ1) is 21.1. The van der Waals surface area contributed by atoms with Crippen LogP contribution >= 0.6 is 0 Å². The van der Waals surface area contributed by atoms with Crippen LogP contribution in [0.3, 0.4) is 0 Å². The SMILES string of the molecule is COc1ccc(C(=O)N[C@@H]2CN(C(=O)Nc3cccc(C#N)c3)CCC[C@H]2O)cc1.